The second-order valence-electron chi connectivity index (χ2n) is 6.32. The zero-order valence-electron chi connectivity index (χ0n) is 16.3. The molecule has 0 aliphatic rings. The molecule has 0 heterocycles. The summed E-state index contributed by atoms with van der Waals surface area (Å²) < 4.78 is 45.4. The number of ether oxygens (including phenoxy) is 1. The largest absolute Gasteiger partial charge is 0.482 e. The van der Waals surface area contributed by atoms with E-state index in [2.05, 4.69) is 0 Å². The van der Waals surface area contributed by atoms with Crippen LogP contribution in [0, 0.1) is 12.7 Å². The van der Waals surface area contributed by atoms with Gasteiger partial charge in [-0.3, -0.25) is 0 Å². The van der Waals surface area contributed by atoms with Crippen molar-refractivity contribution in [2.75, 3.05) is 25.4 Å². The minimum Gasteiger partial charge on any atom is -0.482 e. The fraction of sp³-hybridized carbons (Fsp3) is 0.350. The Morgan fingerprint density at radius 3 is 2.45 bits per heavy atom. The first-order valence-electron chi connectivity index (χ1n) is 9.07. The number of carboxylic acid groups (broad SMARTS) is 1. The van der Waals surface area contributed by atoms with Crippen molar-refractivity contribution in [3.05, 3.63) is 53.8 Å². The van der Waals surface area contributed by atoms with Crippen LogP contribution in [0.15, 0.2) is 52.3 Å². The third-order valence-corrected chi connectivity index (χ3v) is 6.92. The first-order chi connectivity index (χ1) is 13.7. The number of thioether (sulfide) groups is 1. The molecule has 158 valence electrons. The Bertz CT molecular complexity index is 932. The summed E-state index contributed by atoms with van der Waals surface area (Å²) in [7, 11) is -3.69. The molecule has 2 aromatic carbocycles. The Kier molecular flexibility index (Phi) is 8.48. The van der Waals surface area contributed by atoms with Crippen LogP contribution < -0.4 is 4.74 Å². The maximum atomic E-state index is 13.1. The van der Waals surface area contributed by atoms with Gasteiger partial charge in [-0.25, -0.2) is 17.6 Å². The summed E-state index contributed by atoms with van der Waals surface area (Å²) in [6.07, 6.45) is 0.666. The first-order valence-corrected chi connectivity index (χ1v) is 11.5. The monoisotopic (exact) mass is 441 g/mol. The number of carboxylic acids is 1. The van der Waals surface area contributed by atoms with Gasteiger partial charge in [0.1, 0.15) is 11.6 Å². The van der Waals surface area contributed by atoms with Crippen LogP contribution in [0.3, 0.4) is 0 Å². The van der Waals surface area contributed by atoms with E-state index in [0.29, 0.717) is 31.0 Å². The number of aliphatic carboxylic acids is 1. The molecular weight excluding hydrogens is 417 g/mol. The van der Waals surface area contributed by atoms with Crippen molar-refractivity contribution < 1.29 is 27.4 Å². The van der Waals surface area contributed by atoms with Gasteiger partial charge in [0, 0.05) is 23.7 Å². The summed E-state index contributed by atoms with van der Waals surface area (Å²) in [6.45, 7) is 4.01. The lowest BCUT2D eigenvalue weighted by Crippen LogP contribution is -2.33. The van der Waals surface area contributed by atoms with Gasteiger partial charge < -0.3 is 9.84 Å². The zero-order chi connectivity index (χ0) is 21.4. The minimum atomic E-state index is -3.69. The van der Waals surface area contributed by atoms with Gasteiger partial charge in [-0.2, -0.15) is 4.31 Å². The highest BCUT2D eigenvalue weighted by molar-refractivity contribution is 7.99. The Morgan fingerprint density at radius 1 is 1.17 bits per heavy atom. The van der Waals surface area contributed by atoms with Crippen LogP contribution in [0.2, 0.25) is 0 Å². The third kappa shape index (κ3) is 6.73. The molecular formula is C20H24FNO5S2. The summed E-state index contributed by atoms with van der Waals surface area (Å²) in [5, 5.41) is 8.69. The molecule has 0 spiro atoms. The molecule has 2 rings (SSSR count). The van der Waals surface area contributed by atoms with Gasteiger partial charge in [0.25, 0.3) is 0 Å². The molecule has 9 heteroatoms. The summed E-state index contributed by atoms with van der Waals surface area (Å²) in [5.74, 6) is -0.480. The molecule has 0 aliphatic carbocycles. The molecule has 0 saturated carbocycles. The number of rotatable bonds is 11. The van der Waals surface area contributed by atoms with Gasteiger partial charge in [-0.1, -0.05) is 6.92 Å². The number of benzene rings is 2. The van der Waals surface area contributed by atoms with Crippen molar-refractivity contribution in [3.8, 4) is 5.75 Å². The predicted molar refractivity (Wildman–Crippen MR) is 110 cm³/mol. The van der Waals surface area contributed by atoms with Crippen LogP contribution in [0.25, 0.3) is 0 Å². The molecule has 6 nitrogen and oxygen atoms in total. The lowest BCUT2D eigenvalue weighted by molar-refractivity contribution is -0.139. The van der Waals surface area contributed by atoms with Gasteiger partial charge in [-0.15, -0.1) is 11.8 Å². The smallest absolute Gasteiger partial charge is 0.341 e. The van der Waals surface area contributed by atoms with Gasteiger partial charge in [0.2, 0.25) is 10.0 Å². The normalized spacial score (nSPS) is 11.6. The third-order valence-electron chi connectivity index (χ3n) is 4.03. The summed E-state index contributed by atoms with van der Waals surface area (Å²) in [4.78, 5) is 11.6. The summed E-state index contributed by atoms with van der Waals surface area (Å²) in [5.41, 5.74) is 0.806. The average Bonchev–Trinajstić information content (AvgIpc) is 2.67. The first kappa shape index (κ1) is 23.2. The SMILES string of the molecule is CCCN(CCSc1ccc(OCC(=O)O)c(C)c1)S(=O)(=O)c1ccc(F)cc1. The second-order valence-corrected chi connectivity index (χ2v) is 9.42. The number of carbonyl (C=O) groups is 1. The molecule has 0 aliphatic heterocycles. The van der Waals surface area contributed by atoms with Crippen LogP contribution in [-0.4, -0.2) is 49.2 Å². The molecule has 0 atom stereocenters. The highest BCUT2D eigenvalue weighted by Gasteiger charge is 2.23. The number of sulfonamides is 1. The van der Waals surface area contributed by atoms with E-state index < -0.39 is 28.4 Å². The quantitative estimate of drug-likeness (QED) is 0.534. The van der Waals surface area contributed by atoms with Crippen LogP contribution in [0.5, 0.6) is 5.75 Å². The molecule has 0 amide bonds. The van der Waals surface area contributed by atoms with E-state index in [1.54, 1.807) is 6.07 Å². The number of nitrogens with zero attached hydrogens (tertiary/aromatic N) is 1. The van der Waals surface area contributed by atoms with E-state index in [1.807, 2.05) is 26.0 Å². The van der Waals surface area contributed by atoms with Crippen molar-refractivity contribution in [1.29, 1.82) is 0 Å². The highest BCUT2D eigenvalue weighted by Crippen LogP contribution is 2.26. The Balaban J connectivity index is 2.01. The van der Waals surface area contributed by atoms with Crippen molar-refractivity contribution in [1.82, 2.24) is 4.31 Å². The van der Waals surface area contributed by atoms with Crippen LogP contribution >= 0.6 is 11.8 Å². The van der Waals surface area contributed by atoms with E-state index in [1.165, 1.54) is 28.2 Å². The van der Waals surface area contributed by atoms with Gasteiger partial charge in [0.15, 0.2) is 6.61 Å². The Hall–Kier alpha value is -2.10. The topological polar surface area (TPSA) is 83.9 Å². The van der Waals surface area contributed by atoms with Crippen LogP contribution in [-0.2, 0) is 14.8 Å². The van der Waals surface area contributed by atoms with Crippen molar-refractivity contribution in [2.24, 2.45) is 0 Å². The standard InChI is InChI=1S/C20H24FNO5S2/c1-3-10-22(29(25,26)18-7-4-16(21)5-8-18)11-12-28-17-6-9-19(15(2)13-17)27-14-20(23)24/h4-9,13H,3,10-12,14H2,1-2H3,(H,23,24). The molecule has 0 unspecified atom stereocenters. The molecule has 1 N–H and O–H groups in total. The maximum Gasteiger partial charge on any atom is 0.341 e. The van der Waals surface area contributed by atoms with Gasteiger partial charge in [0.05, 0.1) is 4.90 Å². The van der Waals surface area contributed by atoms with Gasteiger partial charge in [-0.05, 0) is 61.4 Å². The second kappa shape index (κ2) is 10.6. The minimum absolute atomic E-state index is 0.0770. The summed E-state index contributed by atoms with van der Waals surface area (Å²) in [6, 6.07) is 10.2. The molecule has 0 fully saturated rings. The predicted octanol–water partition coefficient (Wildman–Crippen LogP) is 3.79. The van der Waals surface area contributed by atoms with E-state index in [-0.39, 0.29) is 4.90 Å². The zero-order valence-corrected chi connectivity index (χ0v) is 17.9. The number of hydrogen-bond donors (Lipinski definition) is 1. The van der Waals surface area contributed by atoms with Crippen LogP contribution in [0.1, 0.15) is 18.9 Å². The lowest BCUT2D eigenvalue weighted by atomic mass is 10.2. The van der Waals surface area contributed by atoms with Crippen molar-refractivity contribution >= 4 is 27.8 Å². The van der Waals surface area contributed by atoms with Crippen molar-refractivity contribution in [3.63, 3.8) is 0 Å². The Morgan fingerprint density at radius 2 is 1.86 bits per heavy atom. The molecule has 0 aromatic heterocycles. The molecule has 0 saturated heterocycles. The van der Waals surface area contributed by atoms with E-state index in [9.17, 15) is 17.6 Å². The number of aryl methyl sites for hydroxylation is 1. The number of halogens is 1. The maximum absolute atomic E-state index is 13.1. The fourth-order valence-corrected chi connectivity index (χ4v) is 5.26. The van der Waals surface area contributed by atoms with Crippen LogP contribution in [0.4, 0.5) is 4.39 Å². The number of hydrogen-bond acceptors (Lipinski definition) is 5. The Labute approximate surface area is 174 Å². The van der Waals surface area contributed by atoms with Gasteiger partial charge >= 0.3 is 5.97 Å². The van der Waals surface area contributed by atoms with Crippen molar-refractivity contribution in [2.45, 2.75) is 30.1 Å². The molecule has 0 bridgehead atoms. The molecule has 2 aromatic rings. The van der Waals surface area contributed by atoms with E-state index in [4.69, 9.17) is 9.84 Å². The van der Waals surface area contributed by atoms with E-state index in [0.717, 1.165) is 22.6 Å². The fourth-order valence-electron chi connectivity index (χ4n) is 2.64. The molecule has 29 heavy (non-hydrogen) atoms. The lowest BCUT2D eigenvalue weighted by Gasteiger charge is -2.21. The highest BCUT2D eigenvalue weighted by atomic mass is 32.2. The van der Waals surface area contributed by atoms with E-state index >= 15 is 0 Å². The average molecular weight is 442 g/mol. The molecule has 0 radical (unpaired) electrons. The summed E-state index contributed by atoms with van der Waals surface area (Å²) >= 11 is 1.50.